The summed E-state index contributed by atoms with van der Waals surface area (Å²) in [6.07, 6.45) is 0. The molecule has 0 aliphatic carbocycles. The maximum atomic E-state index is 13.3. The summed E-state index contributed by atoms with van der Waals surface area (Å²) >= 11 is 11.7. The van der Waals surface area contributed by atoms with Crippen LogP contribution in [0.15, 0.2) is 46.0 Å². The number of aromatic nitrogens is 2. The van der Waals surface area contributed by atoms with E-state index in [0.29, 0.717) is 16.1 Å². The van der Waals surface area contributed by atoms with Crippen LogP contribution >= 0.6 is 23.2 Å². The lowest BCUT2D eigenvalue weighted by Gasteiger charge is -2.11. The summed E-state index contributed by atoms with van der Waals surface area (Å²) in [4.78, 5) is 38.3. The van der Waals surface area contributed by atoms with Crippen molar-refractivity contribution in [2.45, 2.75) is 6.54 Å². The molecule has 1 aromatic heterocycles. The van der Waals surface area contributed by atoms with Crippen molar-refractivity contribution in [3.05, 3.63) is 78.5 Å². The smallest absolute Gasteiger partial charge is 0.316 e. The van der Waals surface area contributed by atoms with E-state index < -0.39 is 22.8 Å². The standard InChI is InChI=1S/C17H12Cl2FN3O3/c18-11-3-1-9(7-12(11)19)15(24)21-5-6-23-14-4-2-10(20)8-13(14)22-16(25)17(23)26/h1-4,7-8H,5-6H2,(H,21,24)(H,22,25). The zero-order valence-electron chi connectivity index (χ0n) is 13.2. The Balaban J connectivity index is 1.80. The fourth-order valence-electron chi connectivity index (χ4n) is 2.49. The third kappa shape index (κ3) is 3.63. The second-order valence-corrected chi connectivity index (χ2v) is 6.27. The van der Waals surface area contributed by atoms with Gasteiger partial charge in [0, 0.05) is 18.7 Å². The highest BCUT2D eigenvalue weighted by atomic mass is 35.5. The van der Waals surface area contributed by atoms with Crippen molar-refractivity contribution < 1.29 is 9.18 Å². The maximum Gasteiger partial charge on any atom is 0.316 e. The van der Waals surface area contributed by atoms with Gasteiger partial charge in [-0.25, -0.2) is 4.39 Å². The molecule has 0 spiro atoms. The van der Waals surface area contributed by atoms with Crippen molar-refractivity contribution in [3.63, 3.8) is 0 Å². The molecule has 6 nitrogen and oxygen atoms in total. The summed E-state index contributed by atoms with van der Waals surface area (Å²) in [5.74, 6) is -0.942. The van der Waals surface area contributed by atoms with Crippen LogP contribution < -0.4 is 16.4 Å². The molecule has 0 bridgehead atoms. The van der Waals surface area contributed by atoms with Crippen molar-refractivity contribution >= 4 is 40.1 Å². The minimum Gasteiger partial charge on any atom is -0.350 e. The third-order valence-corrected chi connectivity index (χ3v) is 4.48. The summed E-state index contributed by atoms with van der Waals surface area (Å²) in [5.41, 5.74) is -0.776. The van der Waals surface area contributed by atoms with Gasteiger partial charge >= 0.3 is 11.1 Å². The first-order chi connectivity index (χ1) is 12.4. The molecule has 2 N–H and O–H groups in total. The van der Waals surface area contributed by atoms with Crippen molar-refractivity contribution in [2.24, 2.45) is 0 Å². The van der Waals surface area contributed by atoms with Crippen molar-refractivity contribution in [3.8, 4) is 0 Å². The van der Waals surface area contributed by atoms with Gasteiger partial charge in [0.15, 0.2) is 0 Å². The molecule has 0 aliphatic heterocycles. The lowest BCUT2D eigenvalue weighted by molar-refractivity contribution is 0.0952. The molecule has 2 aromatic carbocycles. The molecule has 134 valence electrons. The number of nitrogens with one attached hydrogen (secondary N) is 2. The Bertz CT molecular complexity index is 1120. The lowest BCUT2D eigenvalue weighted by Crippen LogP contribution is -2.39. The molecule has 26 heavy (non-hydrogen) atoms. The number of benzene rings is 2. The Morgan fingerprint density at radius 1 is 1.12 bits per heavy atom. The normalized spacial score (nSPS) is 10.9. The second-order valence-electron chi connectivity index (χ2n) is 5.46. The fraction of sp³-hybridized carbons (Fsp3) is 0.118. The van der Waals surface area contributed by atoms with Gasteiger partial charge < -0.3 is 14.9 Å². The number of carbonyl (C=O) groups is 1. The molecule has 9 heteroatoms. The number of carbonyl (C=O) groups excluding carboxylic acids is 1. The van der Waals surface area contributed by atoms with Gasteiger partial charge in [0.1, 0.15) is 5.82 Å². The molecule has 3 aromatic rings. The van der Waals surface area contributed by atoms with Gasteiger partial charge in [-0.1, -0.05) is 23.2 Å². The summed E-state index contributed by atoms with van der Waals surface area (Å²) in [7, 11) is 0. The van der Waals surface area contributed by atoms with E-state index in [-0.39, 0.29) is 23.6 Å². The Hall–Kier alpha value is -2.64. The van der Waals surface area contributed by atoms with Crippen LogP contribution in [0.1, 0.15) is 10.4 Å². The van der Waals surface area contributed by atoms with Gasteiger partial charge in [0.05, 0.1) is 21.1 Å². The highest BCUT2D eigenvalue weighted by molar-refractivity contribution is 6.42. The van der Waals surface area contributed by atoms with Crippen LogP contribution in [0.25, 0.3) is 11.0 Å². The summed E-state index contributed by atoms with van der Waals surface area (Å²) in [6.45, 7) is 0.118. The first-order valence-electron chi connectivity index (χ1n) is 7.52. The van der Waals surface area contributed by atoms with Crippen molar-refractivity contribution in [2.75, 3.05) is 6.54 Å². The summed E-state index contributed by atoms with van der Waals surface area (Å²) in [6, 6.07) is 8.15. The topological polar surface area (TPSA) is 84.0 Å². The predicted molar refractivity (Wildman–Crippen MR) is 97.6 cm³/mol. The van der Waals surface area contributed by atoms with Gasteiger partial charge in [0.2, 0.25) is 0 Å². The monoisotopic (exact) mass is 395 g/mol. The molecule has 1 heterocycles. The summed E-state index contributed by atoms with van der Waals surface area (Å²) < 4.78 is 14.5. The SMILES string of the molecule is O=C(NCCn1c(=O)c(=O)[nH]c2cc(F)ccc21)c1ccc(Cl)c(Cl)c1. The predicted octanol–water partition coefficient (Wildman–Crippen LogP) is 2.57. The molecule has 0 saturated carbocycles. The van der Waals surface area contributed by atoms with Gasteiger partial charge in [-0.3, -0.25) is 14.4 Å². The van der Waals surface area contributed by atoms with E-state index in [2.05, 4.69) is 10.3 Å². The summed E-state index contributed by atoms with van der Waals surface area (Å²) in [5, 5.41) is 3.21. The maximum absolute atomic E-state index is 13.3. The molecule has 0 unspecified atom stereocenters. The fourth-order valence-corrected chi connectivity index (χ4v) is 2.79. The molecular weight excluding hydrogens is 384 g/mol. The molecule has 3 rings (SSSR count). The van der Waals surface area contributed by atoms with Crippen LogP contribution in [0, 0.1) is 5.82 Å². The van der Waals surface area contributed by atoms with Crippen LogP contribution in [0.3, 0.4) is 0 Å². The first-order valence-corrected chi connectivity index (χ1v) is 8.28. The average Bonchev–Trinajstić information content (AvgIpc) is 2.60. The van der Waals surface area contributed by atoms with E-state index in [0.717, 1.165) is 6.07 Å². The molecule has 0 atom stereocenters. The Kier molecular flexibility index (Phi) is 5.11. The minimum atomic E-state index is -0.862. The van der Waals surface area contributed by atoms with Gasteiger partial charge in [0.25, 0.3) is 5.91 Å². The van der Waals surface area contributed by atoms with Crippen molar-refractivity contribution in [1.29, 1.82) is 0 Å². The highest BCUT2D eigenvalue weighted by Crippen LogP contribution is 2.22. The largest absolute Gasteiger partial charge is 0.350 e. The molecule has 0 fully saturated rings. The van der Waals surface area contributed by atoms with Crippen LogP contribution in [0.5, 0.6) is 0 Å². The number of fused-ring (bicyclic) bond motifs is 1. The molecule has 0 saturated heterocycles. The number of hydrogen-bond acceptors (Lipinski definition) is 3. The second kappa shape index (κ2) is 7.31. The number of nitrogens with zero attached hydrogens (tertiary/aromatic N) is 1. The molecule has 0 radical (unpaired) electrons. The Morgan fingerprint density at radius 3 is 2.62 bits per heavy atom. The van der Waals surface area contributed by atoms with E-state index in [1.54, 1.807) is 0 Å². The van der Waals surface area contributed by atoms with E-state index in [1.807, 2.05) is 0 Å². The number of hydrogen-bond donors (Lipinski definition) is 2. The van der Waals surface area contributed by atoms with Crippen LogP contribution in [0.4, 0.5) is 4.39 Å². The quantitative estimate of drug-likeness (QED) is 0.665. The van der Waals surface area contributed by atoms with Crippen LogP contribution in [0.2, 0.25) is 10.0 Å². The highest BCUT2D eigenvalue weighted by Gasteiger charge is 2.11. The van der Waals surface area contributed by atoms with Gasteiger partial charge in [-0.2, -0.15) is 0 Å². The average molecular weight is 396 g/mol. The number of halogens is 3. The van der Waals surface area contributed by atoms with Gasteiger partial charge in [-0.05, 0) is 36.4 Å². The molecule has 1 amide bonds. The molecule has 0 aliphatic rings. The van der Waals surface area contributed by atoms with E-state index in [1.165, 1.54) is 34.9 Å². The zero-order valence-corrected chi connectivity index (χ0v) is 14.7. The number of H-pyrrole nitrogens is 1. The first kappa shape index (κ1) is 18.2. The number of amides is 1. The van der Waals surface area contributed by atoms with E-state index in [4.69, 9.17) is 23.2 Å². The van der Waals surface area contributed by atoms with Crippen molar-refractivity contribution in [1.82, 2.24) is 14.9 Å². The van der Waals surface area contributed by atoms with Crippen LogP contribution in [-0.2, 0) is 6.54 Å². The molecular formula is C17H12Cl2FN3O3. The van der Waals surface area contributed by atoms with E-state index in [9.17, 15) is 18.8 Å². The van der Waals surface area contributed by atoms with E-state index >= 15 is 0 Å². The lowest BCUT2D eigenvalue weighted by atomic mass is 10.2. The Labute approximate surface area is 156 Å². The number of aromatic amines is 1. The third-order valence-electron chi connectivity index (χ3n) is 3.74. The number of rotatable bonds is 4. The van der Waals surface area contributed by atoms with Crippen LogP contribution in [-0.4, -0.2) is 22.0 Å². The van der Waals surface area contributed by atoms with Gasteiger partial charge in [-0.15, -0.1) is 0 Å². The zero-order chi connectivity index (χ0) is 18.8. The minimum absolute atomic E-state index is 0.0396. The Morgan fingerprint density at radius 2 is 1.88 bits per heavy atom.